The molecule has 0 aliphatic carbocycles. The van der Waals surface area contributed by atoms with Crippen LogP contribution in [-0.4, -0.2) is 37.0 Å². The Labute approximate surface area is 173 Å². The molecule has 6 nitrogen and oxygen atoms in total. The van der Waals surface area contributed by atoms with E-state index in [1.54, 1.807) is 30.3 Å². The van der Waals surface area contributed by atoms with E-state index in [1.165, 1.54) is 32.2 Å². The van der Waals surface area contributed by atoms with E-state index < -0.39 is 35.7 Å². The molecule has 0 heterocycles. The topological polar surface area (TPSA) is 84.5 Å². The molecule has 2 N–H and O–H groups in total. The Bertz CT molecular complexity index is 873. The SMILES string of the molecule is COC(=O)[C@@H](Cc1ccc(Cl)cc1)NC(=O)[C@@H](Cc1cccc(F)c1)NC(C)=O. The van der Waals surface area contributed by atoms with Crippen molar-refractivity contribution in [3.05, 3.63) is 70.5 Å². The molecule has 0 bridgehead atoms. The van der Waals surface area contributed by atoms with Crippen LogP contribution in [0.15, 0.2) is 48.5 Å². The molecule has 154 valence electrons. The van der Waals surface area contributed by atoms with E-state index in [2.05, 4.69) is 10.6 Å². The van der Waals surface area contributed by atoms with Gasteiger partial charge in [-0.1, -0.05) is 35.9 Å². The Kier molecular flexibility index (Phi) is 8.15. The van der Waals surface area contributed by atoms with E-state index in [9.17, 15) is 18.8 Å². The molecule has 2 aromatic carbocycles. The number of ether oxygens (including phenoxy) is 1. The zero-order valence-corrected chi connectivity index (χ0v) is 16.8. The molecular weight excluding hydrogens is 399 g/mol. The Hall–Kier alpha value is -2.93. The fourth-order valence-electron chi connectivity index (χ4n) is 2.82. The number of halogens is 2. The van der Waals surface area contributed by atoms with Crippen LogP contribution >= 0.6 is 11.6 Å². The standard InChI is InChI=1S/C21H22ClFN2O4/c1-13(26)24-18(12-15-4-3-5-17(23)10-15)20(27)25-19(21(28)29-2)11-14-6-8-16(22)9-7-14/h3-10,18-19H,11-12H2,1-2H3,(H,24,26)(H,25,27)/t18-,19-/m1/s1. The first-order chi connectivity index (χ1) is 13.8. The quantitative estimate of drug-likeness (QED) is 0.642. The zero-order valence-electron chi connectivity index (χ0n) is 16.1. The molecule has 0 radical (unpaired) electrons. The summed E-state index contributed by atoms with van der Waals surface area (Å²) in [6, 6.07) is 10.6. The van der Waals surface area contributed by atoms with Gasteiger partial charge in [-0.15, -0.1) is 0 Å². The first-order valence-electron chi connectivity index (χ1n) is 8.92. The monoisotopic (exact) mass is 420 g/mol. The van der Waals surface area contributed by atoms with Gasteiger partial charge >= 0.3 is 5.97 Å². The summed E-state index contributed by atoms with van der Waals surface area (Å²) in [6.07, 6.45) is 0.250. The normalized spacial score (nSPS) is 12.6. The van der Waals surface area contributed by atoms with Crippen molar-refractivity contribution in [1.29, 1.82) is 0 Å². The van der Waals surface area contributed by atoms with Crippen molar-refractivity contribution >= 4 is 29.4 Å². The number of carbonyl (C=O) groups excluding carboxylic acids is 3. The highest BCUT2D eigenvalue weighted by atomic mass is 35.5. The summed E-state index contributed by atoms with van der Waals surface area (Å²) in [4.78, 5) is 36.5. The number of esters is 1. The maximum atomic E-state index is 13.5. The highest BCUT2D eigenvalue weighted by molar-refractivity contribution is 6.30. The lowest BCUT2D eigenvalue weighted by molar-refractivity contribution is -0.145. The second kappa shape index (κ2) is 10.6. The molecule has 0 aromatic heterocycles. The van der Waals surface area contributed by atoms with Gasteiger partial charge in [-0.25, -0.2) is 9.18 Å². The third-order valence-corrected chi connectivity index (χ3v) is 4.43. The van der Waals surface area contributed by atoms with Crippen LogP contribution in [0, 0.1) is 5.82 Å². The van der Waals surface area contributed by atoms with Crippen LogP contribution in [-0.2, 0) is 32.0 Å². The van der Waals surface area contributed by atoms with E-state index >= 15 is 0 Å². The predicted octanol–water partition coefficient (Wildman–Crippen LogP) is 2.43. The van der Waals surface area contributed by atoms with Crippen LogP contribution < -0.4 is 10.6 Å². The summed E-state index contributed by atoms with van der Waals surface area (Å²) >= 11 is 5.87. The van der Waals surface area contributed by atoms with Gasteiger partial charge in [0.2, 0.25) is 11.8 Å². The van der Waals surface area contributed by atoms with E-state index in [0.717, 1.165) is 5.56 Å². The van der Waals surface area contributed by atoms with E-state index in [-0.39, 0.29) is 12.8 Å². The number of methoxy groups -OCH3 is 1. The van der Waals surface area contributed by atoms with Crippen LogP contribution in [0.4, 0.5) is 4.39 Å². The largest absolute Gasteiger partial charge is 0.467 e. The molecule has 29 heavy (non-hydrogen) atoms. The average molecular weight is 421 g/mol. The van der Waals surface area contributed by atoms with Gasteiger partial charge in [-0.3, -0.25) is 9.59 Å². The Morgan fingerprint density at radius 3 is 2.24 bits per heavy atom. The molecule has 0 unspecified atom stereocenters. The van der Waals surface area contributed by atoms with Crippen molar-refractivity contribution in [3.63, 3.8) is 0 Å². The summed E-state index contributed by atoms with van der Waals surface area (Å²) in [5.74, 6) is -2.07. The van der Waals surface area contributed by atoms with Crippen LogP contribution in [0.1, 0.15) is 18.1 Å². The van der Waals surface area contributed by atoms with Crippen molar-refractivity contribution in [2.45, 2.75) is 31.8 Å². The summed E-state index contributed by atoms with van der Waals surface area (Å²) in [7, 11) is 1.22. The second-order valence-corrected chi connectivity index (χ2v) is 6.94. The van der Waals surface area contributed by atoms with Crippen LogP contribution in [0.3, 0.4) is 0 Å². The number of hydrogen-bond acceptors (Lipinski definition) is 4. The molecule has 2 amide bonds. The van der Waals surface area contributed by atoms with Crippen LogP contribution in [0.5, 0.6) is 0 Å². The molecule has 2 rings (SSSR count). The smallest absolute Gasteiger partial charge is 0.328 e. The molecular formula is C21H22ClFN2O4. The van der Waals surface area contributed by atoms with E-state index in [1.807, 2.05) is 0 Å². The molecule has 0 aliphatic rings. The lowest BCUT2D eigenvalue weighted by atomic mass is 10.0. The van der Waals surface area contributed by atoms with Crippen LogP contribution in [0.2, 0.25) is 5.02 Å². The fourth-order valence-corrected chi connectivity index (χ4v) is 2.94. The van der Waals surface area contributed by atoms with Gasteiger partial charge in [0.1, 0.15) is 17.9 Å². The van der Waals surface area contributed by atoms with Crippen molar-refractivity contribution in [1.82, 2.24) is 10.6 Å². The van der Waals surface area contributed by atoms with Gasteiger partial charge in [0.25, 0.3) is 0 Å². The van der Waals surface area contributed by atoms with Gasteiger partial charge in [-0.2, -0.15) is 0 Å². The molecule has 2 atom stereocenters. The molecule has 0 spiro atoms. The number of amides is 2. The molecule has 0 saturated heterocycles. The van der Waals surface area contributed by atoms with Gasteiger partial charge in [-0.05, 0) is 35.4 Å². The Morgan fingerprint density at radius 1 is 1.00 bits per heavy atom. The number of rotatable bonds is 8. The highest BCUT2D eigenvalue weighted by Gasteiger charge is 2.27. The Morgan fingerprint density at radius 2 is 1.66 bits per heavy atom. The minimum atomic E-state index is -0.980. The van der Waals surface area contributed by atoms with Crippen molar-refractivity contribution in [2.75, 3.05) is 7.11 Å². The fraction of sp³-hybridized carbons (Fsp3) is 0.286. The maximum absolute atomic E-state index is 13.5. The average Bonchev–Trinajstić information content (AvgIpc) is 2.67. The molecule has 0 saturated carbocycles. The molecule has 0 aliphatic heterocycles. The van der Waals surface area contributed by atoms with Gasteiger partial charge < -0.3 is 15.4 Å². The van der Waals surface area contributed by atoms with E-state index in [0.29, 0.717) is 10.6 Å². The summed E-state index contributed by atoms with van der Waals surface area (Å²) in [5, 5.41) is 5.70. The summed E-state index contributed by atoms with van der Waals surface area (Å²) in [6.45, 7) is 1.28. The maximum Gasteiger partial charge on any atom is 0.328 e. The van der Waals surface area contributed by atoms with Crippen molar-refractivity contribution in [2.24, 2.45) is 0 Å². The van der Waals surface area contributed by atoms with Gasteiger partial charge in [0.15, 0.2) is 0 Å². The number of hydrogen-bond donors (Lipinski definition) is 2. The lowest BCUT2D eigenvalue weighted by Crippen LogP contribution is -2.53. The predicted molar refractivity (Wildman–Crippen MR) is 107 cm³/mol. The summed E-state index contributed by atoms with van der Waals surface area (Å²) < 4.78 is 18.2. The molecule has 2 aromatic rings. The number of benzene rings is 2. The third-order valence-electron chi connectivity index (χ3n) is 4.18. The number of nitrogens with one attached hydrogen (secondary N) is 2. The van der Waals surface area contributed by atoms with Gasteiger partial charge in [0, 0.05) is 24.8 Å². The van der Waals surface area contributed by atoms with Crippen molar-refractivity contribution < 1.29 is 23.5 Å². The third kappa shape index (κ3) is 7.19. The minimum Gasteiger partial charge on any atom is -0.467 e. The lowest BCUT2D eigenvalue weighted by Gasteiger charge is -2.22. The molecule has 0 fully saturated rings. The van der Waals surface area contributed by atoms with Gasteiger partial charge in [0.05, 0.1) is 7.11 Å². The minimum absolute atomic E-state index is 0.0675. The highest BCUT2D eigenvalue weighted by Crippen LogP contribution is 2.12. The number of carbonyl (C=O) groups is 3. The van der Waals surface area contributed by atoms with E-state index in [4.69, 9.17) is 16.3 Å². The van der Waals surface area contributed by atoms with Crippen LogP contribution in [0.25, 0.3) is 0 Å². The summed E-state index contributed by atoms with van der Waals surface area (Å²) in [5.41, 5.74) is 1.30. The zero-order chi connectivity index (χ0) is 21.4. The first-order valence-corrected chi connectivity index (χ1v) is 9.30. The van der Waals surface area contributed by atoms with Crippen molar-refractivity contribution in [3.8, 4) is 0 Å². The first kappa shape index (κ1) is 22.4. The Balaban J connectivity index is 2.16. The second-order valence-electron chi connectivity index (χ2n) is 6.50. The molecule has 8 heteroatoms.